The first kappa shape index (κ1) is 14.1. The van der Waals surface area contributed by atoms with E-state index in [-0.39, 0.29) is 6.04 Å². The maximum Gasteiger partial charge on any atom is 0.0331 e. The number of benzene rings is 1. The summed E-state index contributed by atoms with van der Waals surface area (Å²) in [4.78, 5) is 0. The lowest BCUT2D eigenvalue weighted by Gasteiger charge is -2.33. The van der Waals surface area contributed by atoms with Crippen molar-refractivity contribution < 1.29 is 0 Å². The summed E-state index contributed by atoms with van der Waals surface area (Å²) in [5.41, 5.74) is 10.9. The van der Waals surface area contributed by atoms with Gasteiger partial charge in [-0.05, 0) is 60.8 Å². The van der Waals surface area contributed by atoms with Crippen LogP contribution < -0.4 is 5.73 Å². The van der Waals surface area contributed by atoms with Gasteiger partial charge in [0.2, 0.25) is 0 Å². The molecule has 2 N–H and O–H groups in total. The molecule has 0 bridgehead atoms. The highest BCUT2D eigenvalue weighted by Gasteiger charge is 2.38. The maximum atomic E-state index is 6.58. The zero-order valence-corrected chi connectivity index (χ0v) is 13.5. The third-order valence-electron chi connectivity index (χ3n) is 4.68. The van der Waals surface area contributed by atoms with Gasteiger partial charge < -0.3 is 5.73 Å². The summed E-state index contributed by atoms with van der Waals surface area (Å²) in [7, 11) is 0. The Balaban J connectivity index is 2.34. The van der Waals surface area contributed by atoms with E-state index in [1.165, 1.54) is 40.4 Å². The highest BCUT2D eigenvalue weighted by Crippen LogP contribution is 2.48. The van der Waals surface area contributed by atoms with Gasteiger partial charge in [0.05, 0.1) is 0 Å². The summed E-state index contributed by atoms with van der Waals surface area (Å²) in [5.74, 6) is 0.608. The zero-order valence-electron chi connectivity index (χ0n) is 11.9. The minimum Gasteiger partial charge on any atom is -0.324 e. The molecule has 1 nitrogen and oxygen atoms in total. The molecule has 100 valence electrons. The summed E-state index contributed by atoms with van der Waals surface area (Å²) in [5, 5.41) is 0. The van der Waals surface area contributed by atoms with Crippen LogP contribution in [0, 0.1) is 25.2 Å². The fourth-order valence-electron chi connectivity index (χ4n) is 3.40. The standard InChI is InChI=1S/C16H24BrN/c1-10-9-14(17)11(2)8-12(10)15(18)13-6-5-7-16(13,3)4/h8-9,13,15H,5-7,18H2,1-4H3. The maximum absolute atomic E-state index is 6.58. The van der Waals surface area contributed by atoms with Crippen molar-refractivity contribution in [1.29, 1.82) is 0 Å². The van der Waals surface area contributed by atoms with Crippen LogP contribution in [0.3, 0.4) is 0 Å². The summed E-state index contributed by atoms with van der Waals surface area (Å²) < 4.78 is 1.18. The van der Waals surface area contributed by atoms with Gasteiger partial charge in [-0.2, -0.15) is 0 Å². The first-order valence-corrected chi connectivity index (χ1v) is 7.64. The van der Waals surface area contributed by atoms with Crippen molar-refractivity contribution in [3.05, 3.63) is 33.3 Å². The molecule has 2 atom stereocenters. The van der Waals surface area contributed by atoms with Crippen molar-refractivity contribution >= 4 is 15.9 Å². The van der Waals surface area contributed by atoms with E-state index in [4.69, 9.17) is 5.73 Å². The molecule has 2 rings (SSSR count). The number of hydrogen-bond acceptors (Lipinski definition) is 1. The van der Waals surface area contributed by atoms with Crippen LogP contribution in [0.1, 0.15) is 55.8 Å². The Bertz CT molecular complexity index is 451. The van der Waals surface area contributed by atoms with E-state index in [2.05, 4.69) is 55.8 Å². The summed E-state index contributed by atoms with van der Waals surface area (Å²) in [6.07, 6.45) is 3.89. The third kappa shape index (κ3) is 2.50. The zero-order chi connectivity index (χ0) is 13.5. The molecule has 2 heteroatoms. The molecular formula is C16H24BrN. The van der Waals surface area contributed by atoms with Crippen molar-refractivity contribution in [2.45, 2.75) is 53.0 Å². The Labute approximate surface area is 119 Å². The normalized spacial score (nSPS) is 24.2. The smallest absolute Gasteiger partial charge is 0.0331 e. The molecule has 0 amide bonds. The number of rotatable bonds is 2. The number of aryl methyl sites for hydroxylation is 2. The Morgan fingerprint density at radius 2 is 1.94 bits per heavy atom. The van der Waals surface area contributed by atoms with Crippen LogP contribution in [0.2, 0.25) is 0 Å². The van der Waals surface area contributed by atoms with Gasteiger partial charge in [0.25, 0.3) is 0 Å². The van der Waals surface area contributed by atoms with E-state index < -0.39 is 0 Å². The van der Waals surface area contributed by atoms with E-state index in [0.29, 0.717) is 11.3 Å². The fourth-order valence-corrected chi connectivity index (χ4v) is 3.86. The van der Waals surface area contributed by atoms with E-state index in [1.807, 2.05) is 0 Å². The lowest BCUT2D eigenvalue weighted by molar-refractivity contribution is 0.222. The monoisotopic (exact) mass is 309 g/mol. The van der Waals surface area contributed by atoms with Crippen molar-refractivity contribution in [3.8, 4) is 0 Å². The van der Waals surface area contributed by atoms with Gasteiger partial charge in [0, 0.05) is 10.5 Å². The molecule has 0 saturated heterocycles. The molecule has 1 aromatic rings. The number of nitrogens with two attached hydrogens (primary N) is 1. The van der Waals surface area contributed by atoms with Crippen LogP contribution in [0.5, 0.6) is 0 Å². The van der Waals surface area contributed by atoms with Crippen molar-refractivity contribution in [2.24, 2.45) is 17.1 Å². The SMILES string of the molecule is Cc1cc(C(N)C2CCCC2(C)C)c(C)cc1Br. The Morgan fingerprint density at radius 3 is 2.50 bits per heavy atom. The van der Waals surface area contributed by atoms with Gasteiger partial charge in [0.1, 0.15) is 0 Å². The molecule has 1 saturated carbocycles. The first-order chi connectivity index (χ1) is 8.33. The molecule has 1 aliphatic carbocycles. The minimum atomic E-state index is 0.175. The molecule has 1 fully saturated rings. The van der Waals surface area contributed by atoms with Gasteiger partial charge in [0.15, 0.2) is 0 Å². The molecule has 0 heterocycles. The lowest BCUT2D eigenvalue weighted by atomic mass is 9.75. The quantitative estimate of drug-likeness (QED) is 0.826. The van der Waals surface area contributed by atoms with Crippen molar-refractivity contribution in [1.82, 2.24) is 0 Å². The topological polar surface area (TPSA) is 26.0 Å². The van der Waals surface area contributed by atoms with Gasteiger partial charge in [-0.3, -0.25) is 0 Å². The molecular weight excluding hydrogens is 286 g/mol. The summed E-state index contributed by atoms with van der Waals surface area (Å²) in [6.45, 7) is 9.04. The average molecular weight is 310 g/mol. The second-order valence-corrected chi connectivity index (χ2v) is 7.33. The summed E-state index contributed by atoms with van der Waals surface area (Å²) >= 11 is 3.59. The van der Waals surface area contributed by atoms with E-state index in [0.717, 1.165) is 0 Å². The predicted molar refractivity (Wildman–Crippen MR) is 81.7 cm³/mol. The predicted octanol–water partition coefficient (Wildman–Crippen LogP) is 4.89. The van der Waals surface area contributed by atoms with E-state index >= 15 is 0 Å². The largest absolute Gasteiger partial charge is 0.324 e. The van der Waals surface area contributed by atoms with Gasteiger partial charge in [-0.1, -0.05) is 42.3 Å². The Kier molecular flexibility index (Phi) is 3.89. The van der Waals surface area contributed by atoms with E-state index in [1.54, 1.807) is 0 Å². The lowest BCUT2D eigenvalue weighted by Crippen LogP contribution is -2.30. The Hall–Kier alpha value is -0.340. The van der Waals surface area contributed by atoms with Crippen LogP contribution in [0.15, 0.2) is 16.6 Å². The highest BCUT2D eigenvalue weighted by atomic mass is 79.9. The molecule has 2 unspecified atom stereocenters. The second-order valence-electron chi connectivity index (χ2n) is 6.47. The first-order valence-electron chi connectivity index (χ1n) is 6.85. The molecule has 0 spiro atoms. The third-order valence-corrected chi connectivity index (χ3v) is 5.53. The Morgan fingerprint density at radius 1 is 1.28 bits per heavy atom. The minimum absolute atomic E-state index is 0.175. The van der Waals surface area contributed by atoms with Crippen LogP contribution in [0.25, 0.3) is 0 Å². The van der Waals surface area contributed by atoms with E-state index in [9.17, 15) is 0 Å². The molecule has 0 radical (unpaired) electrons. The molecule has 1 aliphatic rings. The van der Waals surface area contributed by atoms with Crippen LogP contribution in [0.4, 0.5) is 0 Å². The second kappa shape index (κ2) is 4.97. The van der Waals surface area contributed by atoms with Crippen LogP contribution >= 0.6 is 15.9 Å². The number of hydrogen-bond donors (Lipinski definition) is 1. The molecule has 0 aromatic heterocycles. The van der Waals surface area contributed by atoms with Crippen LogP contribution in [-0.2, 0) is 0 Å². The highest BCUT2D eigenvalue weighted by molar-refractivity contribution is 9.10. The average Bonchev–Trinajstić information content (AvgIpc) is 2.62. The van der Waals surface area contributed by atoms with Crippen LogP contribution in [-0.4, -0.2) is 0 Å². The van der Waals surface area contributed by atoms with Gasteiger partial charge in [-0.25, -0.2) is 0 Å². The molecule has 0 aliphatic heterocycles. The van der Waals surface area contributed by atoms with Gasteiger partial charge >= 0.3 is 0 Å². The fraction of sp³-hybridized carbons (Fsp3) is 0.625. The van der Waals surface area contributed by atoms with Crippen molar-refractivity contribution in [2.75, 3.05) is 0 Å². The van der Waals surface area contributed by atoms with Gasteiger partial charge in [-0.15, -0.1) is 0 Å². The summed E-state index contributed by atoms with van der Waals surface area (Å²) in [6, 6.07) is 4.64. The van der Waals surface area contributed by atoms with Crippen molar-refractivity contribution in [3.63, 3.8) is 0 Å². The molecule has 1 aromatic carbocycles. The molecule has 18 heavy (non-hydrogen) atoms. The number of halogens is 1.